The number of pyridine rings is 1. The highest BCUT2D eigenvalue weighted by molar-refractivity contribution is 6.38. The number of primary amides is 1. The van der Waals surface area contributed by atoms with E-state index in [9.17, 15) is 19.2 Å². The molecule has 10 nitrogen and oxygen atoms in total. The lowest BCUT2D eigenvalue weighted by Gasteiger charge is -2.38. The highest BCUT2D eigenvalue weighted by Crippen LogP contribution is 2.37. The van der Waals surface area contributed by atoms with Crippen molar-refractivity contribution in [2.24, 2.45) is 5.73 Å². The number of carbonyl (C=O) groups is 4. The number of aryl methyl sites for hydroxylation is 1. The van der Waals surface area contributed by atoms with Crippen LogP contribution < -0.4 is 20.7 Å². The van der Waals surface area contributed by atoms with Crippen molar-refractivity contribution in [2.45, 2.75) is 19.6 Å². The van der Waals surface area contributed by atoms with Crippen LogP contribution in [0, 0.1) is 6.92 Å². The first-order chi connectivity index (χ1) is 20.6. The number of halogens is 2. The van der Waals surface area contributed by atoms with Gasteiger partial charge in [-0.1, -0.05) is 53.5 Å². The number of amides is 4. The van der Waals surface area contributed by atoms with Crippen LogP contribution in [0.2, 0.25) is 10.0 Å². The zero-order valence-electron chi connectivity index (χ0n) is 23.3. The standard InChI is InChI=1S/C31H27Cl2N5O5/c1-17-6-7-18-4-3-5-24(28(18)36-17)43-16-21-22(32)12-13-23(27(21)33)37-14-26(40)38(15-25(37)39)29(30(34)41)19-8-10-20(11-9-19)31(42)35-2/h3-13,29H,14-16H2,1-2H3,(H2,34,41)(H,35,42). The van der Waals surface area contributed by atoms with Gasteiger partial charge in [-0.2, -0.15) is 0 Å². The van der Waals surface area contributed by atoms with E-state index in [1.165, 1.54) is 36.2 Å². The molecule has 0 bridgehead atoms. The number of carbonyl (C=O) groups excluding carboxylic acids is 4. The van der Waals surface area contributed by atoms with Crippen LogP contribution in [0.25, 0.3) is 10.9 Å². The molecule has 1 fully saturated rings. The topological polar surface area (TPSA) is 135 Å². The van der Waals surface area contributed by atoms with Crippen LogP contribution in [0.4, 0.5) is 5.69 Å². The molecule has 3 aromatic carbocycles. The average molecular weight is 620 g/mol. The number of hydrogen-bond donors (Lipinski definition) is 2. The predicted molar refractivity (Wildman–Crippen MR) is 163 cm³/mol. The second-order valence-corrected chi connectivity index (χ2v) is 10.7. The molecule has 5 rings (SSSR count). The van der Waals surface area contributed by atoms with Gasteiger partial charge in [0.2, 0.25) is 17.7 Å². The van der Waals surface area contributed by atoms with Crippen molar-refractivity contribution in [3.63, 3.8) is 0 Å². The van der Waals surface area contributed by atoms with Gasteiger partial charge < -0.3 is 20.7 Å². The minimum atomic E-state index is -1.21. The van der Waals surface area contributed by atoms with Gasteiger partial charge in [0.05, 0.1) is 10.7 Å². The minimum Gasteiger partial charge on any atom is -0.487 e. The van der Waals surface area contributed by atoms with Gasteiger partial charge in [0.15, 0.2) is 0 Å². The van der Waals surface area contributed by atoms with Crippen molar-refractivity contribution in [2.75, 3.05) is 25.0 Å². The lowest BCUT2D eigenvalue weighted by atomic mass is 10.0. The fourth-order valence-corrected chi connectivity index (χ4v) is 5.54. The van der Waals surface area contributed by atoms with Crippen molar-refractivity contribution in [1.29, 1.82) is 0 Å². The van der Waals surface area contributed by atoms with E-state index in [1.807, 2.05) is 31.2 Å². The predicted octanol–water partition coefficient (Wildman–Crippen LogP) is 4.19. The second kappa shape index (κ2) is 12.3. The second-order valence-electron chi connectivity index (χ2n) is 9.94. The van der Waals surface area contributed by atoms with Gasteiger partial charge in [-0.25, -0.2) is 4.98 Å². The molecule has 4 aromatic rings. The van der Waals surface area contributed by atoms with Crippen molar-refractivity contribution < 1.29 is 23.9 Å². The third kappa shape index (κ3) is 5.97. The van der Waals surface area contributed by atoms with Gasteiger partial charge in [-0.3, -0.25) is 24.1 Å². The summed E-state index contributed by atoms with van der Waals surface area (Å²) in [6, 6.07) is 17.5. The average Bonchev–Trinajstić information content (AvgIpc) is 2.99. The van der Waals surface area contributed by atoms with Crippen LogP contribution in [0.5, 0.6) is 5.75 Å². The highest BCUT2D eigenvalue weighted by Gasteiger charge is 2.39. The summed E-state index contributed by atoms with van der Waals surface area (Å²) in [4.78, 5) is 58.1. The molecule has 0 spiro atoms. The molecule has 2 heterocycles. The van der Waals surface area contributed by atoms with Gasteiger partial charge in [-0.05, 0) is 48.9 Å². The van der Waals surface area contributed by atoms with Crippen LogP contribution in [-0.2, 0) is 21.0 Å². The Morgan fingerprint density at radius 3 is 2.44 bits per heavy atom. The number of nitrogens with one attached hydrogen (secondary N) is 1. The molecule has 1 saturated heterocycles. The molecule has 0 aliphatic carbocycles. The minimum absolute atomic E-state index is 0.0157. The first-order valence-electron chi connectivity index (χ1n) is 13.3. The lowest BCUT2D eigenvalue weighted by Crippen LogP contribution is -2.56. The van der Waals surface area contributed by atoms with Crippen LogP contribution in [0.1, 0.15) is 33.2 Å². The number of nitrogens with zero attached hydrogens (tertiary/aromatic N) is 3. The first-order valence-corrected chi connectivity index (χ1v) is 14.0. The zero-order chi connectivity index (χ0) is 30.8. The van der Waals surface area contributed by atoms with Gasteiger partial charge in [0.1, 0.15) is 37.0 Å². The molecule has 12 heteroatoms. The lowest BCUT2D eigenvalue weighted by molar-refractivity contribution is -0.144. The summed E-state index contributed by atoms with van der Waals surface area (Å²) in [6.45, 7) is 1.07. The highest BCUT2D eigenvalue weighted by atomic mass is 35.5. The summed E-state index contributed by atoms with van der Waals surface area (Å²) >= 11 is 13.2. The van der Waals surface area contributed by atoms with Crippen LogP contribution >= 0.6 is 23.2 Å². The summed E-state index contributed by atoms with van der Waals surface area (Å²) in [7, 11) is 1.50. The molecule has 1 unspecified atom stereocenters. The van der Waals surface area contributed by atoms with Crippen LogP contribution in [0.3, 0.4) is 0 Å². The van der Waals surface area contributed by atoms with E-state index in [0.717, 1.165) is 16.0 Å². The Morgan fingerprint density at radius 1 is 1.00 bits per heavy atom. The van der Waals surface area contributed by atoms with Crippen molar-refractivity contribution in [1.82, 2.24) is 15.2 Å². The molecular formula is C31H27Cl2N5O5. The zero-order valence-corrected chi connectivity index (χ0v) is 24.8. The number of para-hydroxylation sites is 1. The Hall–Kier alpha value is -4.67. The maximum Gasteiger partial charge on any atom is 0.251 e. The number of aromatic nitrogens is 1. The maximum absolute atomic E-state index is 13.4. The molecule has 1 atom stereocenters. The molecule has 1 aliphatic heterocycles. The molecule has 1 aliphatic rings. The summed E-state index contributed by atoms with van der Waals surface area (Å²) in [5, 5.41) is 3.90. The molecular weight excluding hydrogens is 593 g/mol. The molecule has 1 aromatic heterocycles. The van der Waals surface area contributed by atoms with E-state index >= 15 is 0 Å². The summed E-state index contributed by atoms with van der Waals surface area (Å²) < 4.78 is 6.08. The summed E-state index contributed by atoms with van der Waals surface area (Å²) in [5.74, 6) is -1.57. The maximum atomic E-state index is 13.4. The van der Waals surface area contributed by atoms with Gasteiger partial charge in [0, 0.05) is 34.3 Å². The smallest absolute Gasteiger partial charge is 0.251 e. The molecule has 4 amide bonds. The number of rotatable bonds is 8. The van der Waals surface area contributed by atoms with E-state index in [0.29, 0.717) is 33.0 Å². The third-order valence-corrected chi connectivity index (χ3v) is 7.94. The number of nitrogens with two attached hydrogens (primary N) is 1. The number of ether oxygens (including phenoxy) is 1. The Labute approximate surface area is 257 Å². The first kappa shape index (κ1) is 29.8. The summed E-state index contributed by atoms with van der Waals surface area (Å²) in [5.41, 5.74) is 8.64. The van der Waals surface area contributed by atoms with E-state index < -0.39 is 30.3 Å². The number of anilines is 1. The van der Waals surface area contributed by atoms with Gasteiger partial charge in [0.25, 0.3) is 5.91 Å². The Balaban J connectivity index is 1.38. The Kier molecular flexibility index (Phi) is 8.52. The largest absolute Gasteiger partial charge is 0.487 e. The molecule has 0 saturated carbocycles. The third-order valence-electron chi connectivity index (χ3n) is 7.17. The fourth-order valence-electron chi connectivity index (χ4n) is 4.96. The summed E-state index contributed by atoms with van der Waals surface area (Å²) in [6.07, 6.45) is 0. The number of hydrogen-bond acceptors (Lipinski definition) is 6. The Bertz CT molecular complexity index is 1760. The number of benzene rings is 3. The molecule has 0 radical (unpaired) electrons. The van der Waals surface area contributed by atoms with Gasteiger partial charge in [-0.15, -0.1) is 0 Å². The molecule has 220 valence electrons. The van der Waals surface area contributed by atoms with Crippen molar-refractivity contribution in [3.8, 4) is 5.75 Å². The van der Waals surface area contributed by atoms with Gasteiger partial charge >= 0.3 is 0 Å². The van der Waals surface area contributed by atoms with Crippen molar-refractivity contribution in [3.05, 3.63) is 99.2 Å². The van der Waals surface area contributed by atoms with Crippen molar-refractivity contribution >= 4 is 63.4 Å². The normalized spacial score (nSPS) is 14.1. The molecule has 3 N–H and O–H groups in total. The van der Waals surface area contributed by atoms with Crippen LogP contribution in [0.15, 0.2) is 66.7 Å². The number of piperazine rings is 1. The van der Waals surface area contributed by atoms with E-state index in [1.54, 1.807) is 18.2 Å². The fraction of sp³-hybridized carbons (Fsp3) is 0.194. The SMILES string of the molecule is CNC(=O)c1ccc(C(C(N)=O)N2CC(=O)N(c3ccc(Cl)c(COc4cccc5ccc(C)nc45)c3Cl)CC2=O)cc1. The number of fused-ring (bicyclic) bond motifs is 1. The van der Waals surface area contributed by atoms with E-state index in [2.05, 4.69) is 10.3 Å². The van der Waals surface area contributed by atoms with E-state index in [4.69, 9.17) is 33.7 Å². The Morgan fingerprint density at radius 2 is 1.74 bits per heavy atom. The monoisotopic (exact) mass is 619 g/mol. The quantitative estimate of drug-likeness (QED) is 0.304. The molecule has 43 heavy (non-hydrogen) atoms. The van der Waals surface area contributed by atoms with E-state index in [-0.39, 0.29) is 29.8 Å². The van der Waals surface area contributed by atoms with Crippen LogP contribution in [-0.4, -0.2) is 53.6 Å².